The van der Waals surface area contributed by atoms with E-state index in [1.165, 1.54) is 0 Å². The van der Waals surface area contributed by atoms with E-state index in [0.29, 0.717) is 0 Å². The molecule has 0 unspecified atom stereocenters. The van der Waals surface area contributed by atoms with Gasteiger partial charge in [-0.2, -0.15) is 0 Å². The summed E-state index contributed by atoms with van der Waals surface area (Å²) >= 11 is 6.12. The van der Waals surface area contributed by atoms with Gasteiger partial charge in [0.25, 0.3) is 0 Å². The summed E-state index contributed by atoms with van der Waals surface area (Å²) in [5.74, 6) is 0. The number of aromatic nitrogens is 2. The molecule has 0 atom stereocenters. The Hall–Kier alpha value is -2.45. The maximum atomic E-state index is 6.12. The topological polar surface area (TPSA) is 25.8 Å². The maximum Gasteiger partial charge on any atom is 0.0886 e. The minimum atomic E-state index is 0.742. The fourth-order valence-corrected chi connectivity index (χ4v) is 2.16. The molecule has 2 nitrogen and oxygen atoms in total. The van der Waals surface area contributed by atoms with Crippen LogP contribution in [0.3, 0.4) is 0 Å². The molecule has 0 fully saturated rings. The molecule has 2 aromatic heterocycles. The number of rotatable bonds is 3. The van der Waals surface area contributed by atoms with Crippen LogP contribution in [-0.4, -0.2) is 9.97 Å². The number of nitrogens with zero attached hydrogens (tertiary/aromatic N) is 2. The second-order valence-electron chi connectivity index (χ2n) is 4.55. The Morgan fingerprint density at radius 1 is 0.762 bits per heavy atom. The number of pyridine rings is 2. The van der Waals surface area contributed by atoms with Crippen molar-refractivity contribution in [3.63, 3.8) is 0 Å². The molecule has 0 aliphatic heterocycles. The van der Waals surface area contributed by atoms with Crippen molar-refractivity contribution >= 4 is 23.8 Å². The van der Waals surface area contributed by atoms with E-state index in [1.54, 1.807) is 6.20 Å². The summed E-state index contributed by atoms with van der Waals surface area (Å²) in [6.45, 7) is 0. The second-order valence-corrected chi connectivity index (χ2v) is 4.95. The van der Waals surface area contributed by atoms with Crippen LogP contribution in [0.2, 0.25) is 5.02 Å². The van der Waals surface area contributed by atoms with Gasteiger partial charge in [-0.25, -0.2) is 0 Å². The lowest BCUT2D eigenvalue weighted by Crippen LogP contribution is -1.86. The van der Waals surface area contributed by atoms with E-state index >= 15 is 0 Å². The predicted molar refractivity (Wildman–Crippen MR) is 87.8 cm³/mol. The minimum absolute atomic E-state index is 0.742. The van der Waals surface area contributed by atoms with Crippen molar-refractivity contribution in [2.24, 2.45) is 0 Å². The first-order valence-corrected chi connectivity index (χ1v) is 7.01. The molecule has 0 amide bonds. The predicted octanol–water partition coefficient (Wildman–Crippen LogP) is 4.97. The van der Waals surface area contributed by atoms with E-state index in [9.17, 15) is 0 Å². The van der Waals surface area contributed by atoms with Crippen LogP contribution in [0.15, 0.2) is 67.0 Å². The molecule has 0 bridgehead atoms. The van der Waals surface area contributed by atoms with E-state index in [2.05, 4.69) is 9.97 Å². The third-order valence-electron chi connectivity index (χ3n) is 3.07. The molecule has 0 spiro atoms. The van der Waals surface area contributed by atoms with Crippen LogP contribution in [0.5, 0.6) is 0 Å². The molecule has 0 N–H and O–H groups in total. The molecule has 21 heavy (non-hydrogen) atoms. The highest BCUT2D eigenvalue weighted by molar-refractivity contribution is 6.32. The summed E-state index contributed by atoms with van der Waals surface area (Å²) in [5, 5.41) is 0.742. The van der Waals surface area contributed by atoms with Gasteiger partial charge in [0.15, 0.2) is 0 Å². The van der Waals surface area contributed by atoms with Gasteiger partial charge < -0.3 is 0 Å². The highest BCUT2D eigenvalue weighted by Crippen LogP contribution is 2.19. The first-order chi connectivity index (χ1) is 10.3. The molecule has 2 heterocycles. The molecular weight excluding hydrogens is 280 g/mol. The van der Waals surface area contributed by atoms with E-state index in [0.717, 1.165) is 27.5 Å². The van der Waals surface area contributed by atoms with Crippen molar-refractivity contribution in [3.05, 3.63) is 83.1 Å². The van der Waals surface area contributed by atoms with E-state index in [1.807, 2.05) is 72.9 Å². The lowest BCUT2D eigenvalue weighted by atomic mass is 10.1. The van der Waals surface area contributed by atoms with Gasteiger partial charge in [0.1, 0.15) is 0 Å². The molecule has 0 aliphatic rings. The molecule has 0 saturated heterocycles. The summed E-state index contributed by atoms with van der Waals surface area (Å²) in [6.07, 6.45) is 7.58. The first-order valence-electron chi connectivity index (χ1n) is 6.63. The van der Waals surface area contributed by atoms with E-state index in [-0.39, 0.29) is 0 Å². The van der Waals surface area contributed by atoms with Crippen LogP contribution in [0.4, 0.5) is 0 Å². The standard InChI is InChI=1S/C18H13ClN2/c19-16-6-2-1-5-15(16)10-8-14-9-11-18(21-13-14)17-7-3-4-12-20-17/h1-13H/b10-8+. The van der Waals surface area contributed by atoms with Gasteiger partial charge in [-0.1, -0.05) is 54.1 Å². The van der Waals surface area contributed by atoms with Crippen molar-refractivity contribution in [1.82, 2.24) is 9.97 Å². The van der Waals surface area contributed by atoms with Crippen molar-refractivity contribution in [2.75, 3.05) is 0 Å². The lowest BCUT2D eigenvalue weighted by molar-refractivity contribution is 1.24. The molecule has 102 valence electrons. The van der Waals surface area contributed by atoms with Crippen LogP contribution in [0, 0.1) is 0 Å². The highest BCUT2D eigenvalue weighted by atomic mass is 35.5. The Balaban J connectivity index is 1.81. The first kappa shape index (κ1) is 13.5. The van der Waals surface area contributed by atoms with Crippen molar-refractivity contribution in [3.8, 4) is 11.4 Å². The molecule has 0 saturated carbocycles. The van der Waals surface area contributed by atoms with E-state index < -0.39 is 0 Å². The molecular formula is C18H13ClN2. The summed E-state index contributed by atoms with van der Waals surface area (Å²) in [4.78, 5) is 8.72. The summed E-state index contributed by atoms with van der Waals surface area (Å²) in [7, 11) is 0. The monoisotopic (exact) mass is 292 g/mol. The van der Waals surface area contributed by atoms with Crippen molar-refractivity contribution in [1.29, 1.82) is 0 Å². The number of hydrogen-bond acceptors (Lipinski definition) is 2. The zero-order chi connectivity index (χ0) is 14.5. The quantitative estimate of drug-likeness (QED) is 0.681. The van der Waals surface area contributed by atoms with Crippen LogP contribution in [-0.2, 0) is 0 Å². The second kappa shape index (κ2) is 6.33. The lowest BCUT2D eigenvalue weighted by Gasteiger charge is -2.00. The highest BCUT2D eigenvalue weighted by Gasteiger charge is 1.99. The molecule has 0 aliphatic carbocycles. The van der Waals surface area contributed by atoms with Gasteiger partial charge in [-0.15, -0.1) is 0 Å². The van der Waals surface area contributed by atoms with Gasteiger partial charge in [-0.3, -0.25) is 9.97 Å². The van der Waals surface area contributed by atoms with E-state index in [4.69, 9.17) is 11.6 Å². The average molecular weight is 293 g/mol. The Morgan fingerprint density at radius 3 is 2.29 bits per heavy atom. The fraction of sp³-hybridized carbons (Fsp3) is 0. The Morgan fingerprint density at radius 2 is 1.57 bits per heavy atom. The molecule has 1 aromatic carbocycles. The maximum absolute atomic E-state index is 6.12. The SMILES string of the molecule is Clc1ccccc1/C=C/c1ccc(-c2ccccn2)nc1. The van der Waals surface area contributed by atoms with Crippen LogP contribution >= 0.6 is 11.6 Å². The number of benzene rings is 1. The van der Waals surface area contributed by atoms with Gasteiger partial charge in [0, 0.05) is 17.4 Å². The Bertz CT molecular complexity index is 750. The minimum Gasteiger partial charge on any atom is -0.255 e. The third kappa shape index (κ3) is 3.36. The largest absolute Gasteiger partial charge is 0.255 e. The Kier molecular flexibility index (Phi) is 4.08. The van der Waals surface area contributed by atoms with Gasteiger partial charge >= 0.3 is 0 Å². The molecule has 3 aromatic rings. The summed E-state index contributed by atoms with van der Waals surface area (Å²) < 4.78 is 0. The third-order valence-corrected chi connectivity index (χ3v) is 3.42. The number of halogens is 1. The molecule has 3 rings (SSSR count). The van der Waals surface area contributed by atoms with Crippen LogP contribution in [0.25, 0.3) is 23.5 Å². The molecule has 0 radical (unpaired) electrons. The van der Waals surface area contributed by atoms with Crippen LogP contribution in [0.1, 0.15) is 11.1 Å². The van der Waals surface area contributed by atoms with Crippen LogP contribution < -0.4 is 0 Å². The Labute approximate surface area is 128 Å². The van der Waals surface area contributed by atoms with Gasteiger partial charge in [0.2, 0.25) is 0 Å². The zero-order valence-electron chi connectivity index (χ0n) is 11.3. The van der Waals surface area contributed by atoms with Crippen molar-refractivity contribution < 1.29 is 0 Å². The normalized spacial score (nSPS) is 10.9. The average Bonchev–Trinajstić information content (AvgIpc) is 2.55. The van der Waals surface area contributed by atoms with Crippen molar-refractivity contribution in [2.45, 2.75) is 0 Å². The summed E-state index contributed by atoms with van der Waals surface area (Å²) in [6, 6.07) is 17.5. The van der Waals surface area contributed by atoms with Gasteiger partial charge in [-0.05, 0) is 35.4 Å². The number of hydrogen-bond donors (Lipinski definition) is 0. The zero-order valence-corrected chi connectivity index (χ0v) is 12.0. The summed E-state index contributed by atoms with van der Waals surface area (Å²) in [5.41, 5.74) is 3.76. The molecule has 3 heteroatoms. The smallest absolute Gasteiger partial charge is 0.0886 e. The fourth-order valence-electron chi connectivity index (χ4n) is 1.97. The van der Waals surface area contributed by atoms with Gasteiger partial charge in [0.05, 0.1) is 11.4 Å².